The topological polar surface area (TPSA) is 29.5 Å². The first-order chi connectivity index (χ1) is 5.26. The molecular weight excluding hydrogens is 140 g/mol. The van der Waals surface area contributed by atoms with Crippen LogP contribution in [0, 0.1) is 0 Å². The first-order valence-electron chi connectivity index (χ1n) is 4.55. The van der Waals surface area contributed by atoms with Crippen molar-refractivity contribution in [3.05, 3.63) is 0 Å². The van der Waals surface area contributed by atoms with Crippen molar-refractivity contribution < 1.29 is 9.84 Å². The fourth-order valence-electron chi connectivity index (χ4n) is 1.20. The number of aliphatic hydroxyl groups excluding tert-OH is 1. The molecule has 0 amide bonds. The predicted molar refractivity (Wildman–Crippen MR) is 46.6 cm³/mol. The van der Waals surface area contributed by atoms with Crippen LogP contribution in [-0.4, -0.2) is 23.9 Å². The third-order valence-corrected chi connectivity index (χ3v) is 1.80. The highest BCUT2D eigenvalue weighted by Crippen LogP contribution is 2.09. The lowest BCUT2D eigenvalue weighted by Gasteiger charge is -2.20. The highest BCUT2D eigenvalue weighted by atomic mass is 16.5. The van der Waals surface area contributed by atoms with E-state index in [9.17, 15) is 5.11 Å². The van der Waals surface area contributed by atoms with Gasteiger partial charge in [0, 0.05) is 6.61 Å². The van der Waals surface area contributed by atoms with Crippen LogP contribution < -0.4 is 0 Å². The van der Waals surface area contributed by atoms with Crippen LogP contribution in [0.15, 0.2) is 0 Å². The molecule has 0 bridgehead atoms. The molecule has 2 heteroatoms. The molecule has 0 aromatic rings. The van der Waals surface area contributed by atoms with Crippen molar-refractivity contribution in [1.82, 2.24) is 0 Å². The summed E-state index contributed by atoms with van der Waals surface area (Å²) in [5, 5.41) is 9.52. The molecule has 68 valence electrons. The molecule has 0 aromatic carbocycles. The van der Waals surface area contributed by atoms with Gasteiger partial charge in [-0.1, -0.05) is 20.3 Å². The lowest BCUT2D eigenvalue weighted by atomic mass is 10.1. The van der Waals surface area contributed by atoms with Crippen molar-refractivity contribution in [2.75, 3.05) is 6.61 Å². The predicted octanol–water partition coefficient (Wildman–Crippen LogP) is 1.96. The van der Waals surface area contributed by atoms with E-state index in [4.69, 9.17) is 4.74 Å². The zero-order chi connectivity index (χ0) is 8.69. The van der Waals surface area contributed by atoms with Gasteiger partial charge in [-0.3, -0.25) is 0 Å². The Morgan fingerprint density at radius 3 is 2.27 bits per heavy atom. The molecule has 2 atom stereocenters. The van der Waals surface area contributed by atoms with Gasteiger partial charge in [-0.2, -0.15) is 0 Å². The third-order valence-electron chi connectivity index (χ3n) is 1.80. The van der Waals surface area contributed by atoms with E-state index in [-0.39, 0.29) is 12.2 Å². The summed E-state index contributed by atoms with van der Waals surface area (Å²) in [6.45, 7) is 6.77. The first-order valence-corrected chi connectivity index (χ1v) is 4.55. The maximum absolute atomic E-state index is 9.52. The zero-order valence-corrected chi connectivity index (χ0v) is 7.84. The fraction of sp³-hybridized carbons (Fsp3) is 1.00. The van der Waals surface area contributed by atoms with Crippen LogP contribution in [0.1, 0.15) is 40.0 Å². The monoisotopic (exact) mass is 160 g/mol. The minimum atomic E-state index is -0.273. The summed E-state index contributed by atoms with van der Waals surface area (Å²) >= 11 is 0. The van der Waals surface area contributed by atoms with E-state index in [1.807, 2.05) is 13.8 Å². The molecule has 0 aliphatic carbocycles. The summed E-state index contributed by atoms with van der Waals surface area (Å²) in [5.41, 5.74) is 0. The summed E-state index contributed by atoms with van der Waals surface area (Å²) in [5.74, 6) is 0. The molecule has 0 rings (SSSR count). The summed E-state index contributed by atoms with van der Waals surface area (Å²) < 4.78 is 5.36. The molecule has 0 spiro atoms. The average molecular weight is 160 g/mol. The van der Waals surface area contributed by atoms with Gasteiger partial charge >= 0.3 is 0 Å². The Morgan fingerprint density at radius 2 is 1.91 bits per heavy atom. The van der Waals surface area contributed by atoms with Gasteiger partial charge in [0.15, 0.2) is 0 Å². The van der Waals surface area contributed by atoms with Gasteiger partial charge < -0.3 is 9.84 Å². The molecule has 0 aromatic heterocycles. The number of hydrogen-bond donors (Lipinski definition) is 1. The highest BCUT2D eigenvalue weighted by Gasteiger charge is 2.15. The summed E-state index contributed by atoms with van der Waals surface area (Å²) in [6.07, 6.45) is 2.53. The second-order valence-corrected chi connectivity index (χ2v) is 2.76. The van der Waals surface area contributed by atoms with E-state index >= 15 is 0 Å². The zero-order valence-electron chi connectivity index (χ0n) is 7.84. The minimum Gasteiger partial charge on any atom is -0.390 e. The molecule has 0 heterocycles. The lowest BCUT2D eigenvalue weighted by Crippen LogP contribution is -2.28. The Kier molecular flexibility index (Phi) is 6.57. The van der Waals surface area contributed by atoms with Crippen molar-refractivity contribution in [3.63, 3.8) is 0 Å². The van der Waals surface area contributed by atoms with Gasteiger partial charge in [-0.25, -0.2) is 0 Å². The van der Waals surface area contributed by atoms with Crippen molar-refractivity contribution >= 4 is 0 Å². The summed E-state index contributed by atoms with van der Waals surface area (Å²) in [7, 11) is 0. The largest absolute Gasteiger partial charge is 0.390 e. The van der Waals surface area contributed by atoms with Crippen molar-refractivity contribution in [2.24, 2.45) is 0 Å². The average Bonchev–Trinajstić information content (AvgIpc) is 2.00. The first kappa shape index (κ1) is 10.9. The summed E-state index contributed by atoms with van der Waals surface area (Å²) in [4.78, 5) is 0. The summed E-state index contributed by atoms with van der Waals surface area (Å²) in [6, 6.07) is 0. The second-order valence-electron chi connectivity index (χ2n) is 2.76. The fourth-order valence-corrected chi connectivity index (χ4v) is 1.20. The van der Waals surface area contributed by atoms with E-state index in [0.717, 1.165) is 19.3 Å². The maximum atomic E-state index is 9.52. The Bertz CT molecular complexity index is 83.6. The molecule has 0 saturated heterocycles. The number of hydrogen-bond acceptors (Lipinski definition) is 2. The van der Waals surface area contributed by atoms with Crippen LogP contribution in [-0.2, 0) is 4.74 Å². The standard InChI is InChI=1S/C9H20O2/c1-4-7-8(10)9(5-2)11-6-3/h8-10H,4-7H2,1-3H3. The molecule has 0 aliphatic rings. The molecule has 11 heavy (non-hydrogen) atoms. The highest BCUT2D eigenvalue weighted by molar-refractivity contribution is 4.66. The Balaban J connectivity index is 3.61. The quantitative estimate of drug-likeness (QED) is 0.643. The molecule has 2 nitrogen and oxygen atoms in total. The van der Waals surface area contributed by atoms with Crippen LogP contribution >= 0.6 is 0 Å². The smallest absolute Gasteiger partial charge is 0.0831 e. The van der Waals surface area contributed by atoms with Crippen LogP contribution in [0.25, 0.3) is 0 Å². The van der Waals surface area contributed by atoms with E-state index in [0.29, 0.717) is 6.61 Å². The Hall–Kier alpha value is -0.0800. The van der Waals surface area contributed by atoms with Crippen LogP contribution in [0.5, 0.6) is 0 Å². The van der Waals surface area contributed by atoms with Crippen LogP contribution in [0.4, 0.5) is 0 Å². The van der Waals surface area contributed by atoms with E-state index < -0.39 is 0 Å². The van der Waals surface area contributed by atoms with E-state index in [1.165, 1.54) is 0 Å². The molecule has 1 N–H and O–H groups in total. The molecule has 0 fully saturated rings. The van der Waals surface area contributed by atoms with Gasteiger partial charge in [0.25, 0.3) is 0 Å². The molecule has 0 aliphatic heterocycles. The van der Waals surface area contributed by atoms with Gasteiger partial charge in [0.1, 0.15) is 0 Å². The van der Waals surface area contributed by atoms with Gasteiger partial charge in [0.05, 0.1) is 12.2 Å². The number of rotatable bonds is 6. The van der Waals surface area contributed by atoms with E-state index in [1.54, 1.807) is 0 Å². The van der Waals surface area contributed by atoms with Crippen LogP contribution in [0.2, 0.25) is 0 Å². The van der Waals surface area contributed by atoms with Crippen molar-refractivity contribution in [2.45, 2.75) is 52.2 Å². The number of aliphatic hydroxyl groups is 1. The lowest BCUT2D eigenvalue weighted by molar-refractivity contribution is -0.0373. The third kappa shape index (κ3) is 4.38. The normalized spacial score (nSPS) is 16.4. The van der Waals surface area contributed by atoms with Crippen LogP contribution in [0.3, 0.4) is 0 Å². The maximum Gasteiger partial charge on any atom is 0.0831 e. The Morgan fingerprint density at radius 1 is 1.27 bits per heavy atom. The van der Waals surface area contributed by atoms with Crippen molar-refractivity contribution in [3.8, 4) is 0 Å². The minimum absolute atomic E-state index is 0.0416. The van der Waals surface area contributed by atoms with Gasteiger partial charge in [-0.05, 0) is 19.8 Å². The van der Waals surface area contributed by atoms with Crippen molar-refractivity contribution in [1.29, 1.82) is 0 Å². The molecule has 2 unspecified atom stereocenters. The van der Waals surface area contributed by atoms with Gasteiger partial charge in [0.2, 0.25) is 0 Å². The van der Waals surface area contributed by atoms with Gasteiger partial charge in [-0.15, -0.1) is 0 Å². The molecule has 0 saturated carbocycles. The number of ether oxygens (including phenoxy) is 1. The molecular formula is C9H20O2. The second kappa shape index (κ2) is 6.62. The Labute approximate surface area is 69.6 Å². The SMILES string of the molecule is CCCC(O)C(CC)OCC. The molecule has 0 radical (unpaired) electrons. The van der Waals surface area contributed by atoms with E-state index in [2.05, 4.69) is 6.92 Å².